The summed E-state index contributed by atoms with van der Waals surface area (Å²) in [6.07, 6.45) is 0. The van der Waals surface area contributed by atoms with Crippen molar-refractivity contribution in [3.05, 3.63) is 21.4 Å². The van der Waals surface area contributed by atoms with Gasteiger partial charge in [-0.1, -0.05) is 0 Å². The van der Waals surface area contributed by atoms with Crippen molar-refractivity contribution < 1.29 is 20.0 Å². The van der Waals surface area contributed by atoms with E-state index in [9.17, 15) is 0 Å². The van der Waals surface area contributed by atoms with Crippen molar-refractivity contribution in [1.82, 2.24) is 0 Å². The van der Waals surface area contributed by atoms with Crippen LogP contribution in [0, 0.1) is 13.8 Å². The van der Waals surface area contributed by atoms with E-state index in [4.69, 9.17) is 0 Å². The first-order valence-corrected chi connectivity index (χ1v) is 4.59. The Hall–Kier alpha value is 0.284. The number of hydrogen-bond acceptors (Lipinski definition) is 1. The van der Waals surface area contributed by atoms with E-state index in [1.807, 2.05) is 11.3 Å². The van der Waals surface area contributed by atoms with Gasteiger partial charge in [-0.05, 0) is 0 Å². The predicted octanol–water partition coefficient (Wildman–Crippen LogP) is 2.06. The Labute approximate surface area is 70.8 Å². The van der Waals surface area contributed by atoms with Gasteiger partial charge in [0.25, 0.3) is 0 Å². The van der Waals surface area contributed by atoms with Crippen LogP contribution in [0.25, 0.3) is 0 Å². The third kappa shape index (κ3) is 1.40. The van der Waals surface area contributed by atoms with E-state index in [2.05, 4.69) is 43.5 Å². The molecule has 2 heteroatoms. The summed E-state index contributed by atoms with van der Waals surface area (Å²) < 4.78 is 2.16. The van der Waals surface area contributed by atoms with Crippen molar-refractivity contribution in [2.45, 2.75) is 13.8 Å². The first-order valence-electron chi connectivity index (χ1n) is 2.81. The quantitative estimate of drug-likeness (QED) is 0.569. The Kier molecular flexibility index (Phi) is 2.39. The van der Waals surface area contributed by atoms with E-state index < -0.39 is 0 Å². The van der Waals surface area contributed by atoms with E-state index in [1.54, 1.807) is 0 Å². The fraction of sp³-hybridized carbons (Fsp3) is 0.286. The molecule has 0 unspecified atom stereocenters. The number of rotatable bonds is 1. The van der Waals surface area contributed by atoms with Gasteiger partial charge in [-0.15, -0.1) is 0 Å². The van der Waals surface area contributed by atoms with Crippen LogP contribution in [0.3, 0.4) is 0 Å². The molecule has 0 aliphatic carbocycles. The van der Waals surface area contributed by atoms with Crippen LogP contribution >= 0.6 is 11.3 Å². The van der Waals surface area contributed by atoms with E-state index >= 15 is 0 Å². The van der Waals surface area contributed by atoms with Crippen molar-refractivity contribution in [1.29, 1.82) is 0 Å². The summed E-state index contributed by atoms with van der Waals surface area (Å²) in [6.45, 7) is 4.32. The zero-order valence-electron chi connectivity index (χ0n) is 5.56. The van der Waals surface area contributed by atoms with Gasteiger partial charge < -0.3 is 0 Å². The van der Waals surface area contributed by atoms with Crippen LogP contribution in [-0.4, -0.2) is 4.31 Å². The molecule has 1 aromatic heterocycles. The van der Waals surface area contributed by atoms with Crippen LogP contribution in [0.2, 0.25) is 0 Å². The second-order valence-electron chi connectivity index (χ2n) is 2.05. The summed E-state index contributed by atoms with van der Waals surface area (Å²) in [6, 6.07) is 0. The molecule has 0 saturated carbocycles. The molecule has 0 fully saturated rings. The van der Waals surface area contributed by atoms with E-state index in [0.29, 0.717) is 0 Å². The van der Waals surface area contributed by atoms with Crippen molar-refractivity contribution in [3.8, 4) is 0 Å². The van der Waals surface area contributed by atoms with Gasteiger partial charge in [0.15, 0.2) is 0 Å². The average molecular weight is 172 g/mol. The first-order chi connectivity index (χ1) is 4.25. The third-order valence-electron chi connectivity index (χ3n) is 1.45. The Bertz CT molecular complexity index is 225. The van der Waals surface area contributed by atoms with Crippen LogP contribution < -0.4 is 0 Å². The fourth-order valence-electron chi connectivity index (χ4n) is 0.665. The van der Waals surface area contributed by atoms with Crippen molar-refractivity contribution >= 4 is 15.7 Å². The molecule has 0 aromatic carbocycles. The molecule has 0 aliphatic heterocycles. The molecular formula is C7H8STi. The number of aryl methyl sites for hydroxylation is 1. The van der Waals surface area contributed by atoms with E-state index in [0.717, 1.165) is 0 Å². The Morgan fingerprint density at radius 2 is 2.22 bits per heavy atom. The zero-order valence-corrected chi connectivity index (χ0v) is 7.94. The Morgan fingerprint density at radius 1 is 1.56 bits per heavy atom. The first kappa shape index (κ1) is 7.39. The summed E-state index contributed by atoms with van der Waals surface area (Å²) in [7, 11) is 0. The van der Waals surface area contributed by atoms with Gasteiger partial charge >= 0.3 is 70.9 Å². The third-order valence-corrected chi connectivity index (χ3v) is 3.38. The van der Waals surface area contributed by atoms with Gasteiger partial charge in [-0.25, -0.2) is 0 Å². The van der Waals surface area contributed by atoms with E-state index in [1.165, 1.54) is 16.0 Å². The van der Waals surface area contributed by atoms with Gasteiger partial charge in [0.05, 0.1) is 0 Å². The molecule has 1 heterocycles. The molecule has 0 radical (unpaired) electrons. The molecule has 0 aliphatic rings. The van der Waals surface area contributed by atoms with Crippen LogP contribution in [0.4, 0.5) is 0 Å². The van der Waals surface area contributed by atoms with Crippen molar-refractivity contribution in [2.75, 3.05) is 0 Å². The van der Waals surface area contributed by atoms with Gasteiger partial charge in [0, 0.05) is 0 Å². The molecule has 9 heavy (non-hydrogen) atoms. The monoisotopic (exact) mass is 172 g/mol. The molecule has 0 N–H and O–H groups in total. The summed E-state index contributed by atoms with van der Waals surface area (Å²) in [5, 5.41) is 2.20. The van der Waals surface area contributed by atoms with Gasteiger partial charge in [0.1, 0.15) is 0 Å². The summed E-state index contributed by atoms with van der Waals surface area (Å²) in [4.78, 5) is 1.41. The van der Waals surface area contributed by atoms with Gasteiger partial charge in [0.2, 0.25) is 0 Å². The number of hydrogen-bond donors (Lipinski definition) is 0. The SMILES string of the molecule is Cc1csc([CH]=[Ti])c1C. The molecule has 0 amide bonds. The Balaban J connectivity index is 3.18. The van der Waals surface area contributed by atoms with Crippen molar-refractivity contribution in [3.63, 3.8) is 0 Å². The molecule has 0 atom stereocenters. The number of thiophene rings is 1. The molecule has 0 bridgehead atoms. The van der Waals surface area contributed by atoms with Crippen LogP contribution in [0.15, 0.2) is 5.38 Å². The second kappa shape index (κ2) is 2.91. The normalized spacial score (nSPS) is 9.44. The second-order valence-corrected chi connectivity index (χ2v) is 3.41. The molecule has 0 nitrogen and oxygen atoms in total. The fourth-order valence-corrected chi connectivity index (χ4v) is 2.21. The van der Waals surface area contributed by atoms with Crippen LogP contribution in [-0.2, 0) is 20.0 Å². The topological polar surface area (TPSA) is 0 Å². The maximum atomic E-state index is 2.20. The van der Waals surface area contributed by atoms with Crippen LogP contribution in [0.5, 0.6) is 0 Å². The molecule has 46 valence electrons. The molecule has 1 aromatic rings. The van der Waals surface area contributed by atoms with Crippen LogP contribution in [0.1, 0.15) is 16.0 Å². The average Bonchev–Trinajstić information content (AvgIpc) is 2.15. The zero-order chi connectivity index (χ0) is 6.85. The van der Waals surface area contributed by atoms with Gasteiger partial charge in [-0.2, -0.15) is 0 Å². The summed E-state index contributed by atoms with van der Waals surface area (Å²) in [5.41, 5.74) is 2.84. The maximum absolute atomic E-state index is 2.20. The minimum absolute atomic E-state index is 1.41. The minimum atomic E-state index is 1.41. The predicted molar refractivity (Wildman–Crippen MR) is 39.0 cm³/mol. The van der Waals surface area contributed by atoms with Crippen molar-refractivity contribution in [2.24, 2.45) is 0 Å². The Morgan fingerprint density at radius 3 is 2.44 bits per heavy atom. The molecule has 1 rings (SSSR count). The molecule has 0 saturated heterocycles. The summed E-state index contributed by atoms with van der Waals surface area (Å²) >= 11 is 3.90. The molecular weight excluding hydrogens is 164 g/mol. The summed E-state index contributed by atoms with van der Waals surface area (Å²) in [5.74, 6) is 0. The van der Waals surface area contributed by atoms with E-state index in [-0.39, 0.29) is 0 Å². The van der Waals surface area contributed by atoms with Gasteiger partial charge in [-0.3, -0.25) is 0 Å². The molecule has 0 spiro atoms. The standard InChI is InChI=1S/C7H8S.Ti/c1-5-4-8-7(3)6(5)2;/h3-4H,1-2H3;.